The third-order valence-corrected chi connectivity index (χ3v) is 2.80. The maximum atomic E-state index is 9.42. The second-order valence-electron chi connectivity index (χ2n) is 3.80. The molecule has 17 heavy (non-hydrogen) atoms. The van der Waals surface area contributed by atoms with Crippen LogP contribution in [0.1, 0.15) is 18.5 Å². The number of rotatable bonds is 3. The number of anilines is 1. The number of aromatic hydroxyl groups is 1. The standard InChI is InChI=1S/C13H13ClN2O/c1-9(10-4-2-5-11(17)8-10)16-12-6-3-7-15-13(12)14/h2-9,16-17H,1H3. The molecule has 0 fully saturated rings. The highest BCUT2D eigenvalue weighted by molar-refractivity contribution is 6.31. The van der Waals surface area contributed by atoms with Crippen molar-refractivity contribution in [2.24, 2.45) is 0 Å². The van der Waals surface area contributed by atoms with Gasteiger partial charge in [0.05, 0.1) is 5.69 Å². The molecule has 0 bridgehead atoms. The zero-order chi connectivity index (χ0) is 12.3. The van der Waals surface area contributed by atoms with Crippen LogP contribution in [0.5, 0.6) is 5.75 Å². The van der Waals surface area contributed by atoms with Crippen LogP contribution in [0.3, 0.4) is 0 Å². The molecule has 1 aromatic heterocycles. The van der Waals surface area contributed by atoms with E-state index in [1.165, 1.54) is 0 Å². The number of aromatic nitrogens is 1. The Morgan fingerprint density at radius 2 is 2.12 bits per heavy atom. The molecular formula is C13H13ClN2O. The van der Waals surface area contributed by atoms with Crippen LogP contribution in [-0.4, -0.2) is 10.1 Å². The average Bonchev–Trinajstić information content (AvgIpc) is 2.32. The van der Waals surface area contributed by atoms with Gasteiger partial charge in [0.1, 0.15) is 5.75 Å². The van der Waals surface area contributed by atoms with Gasteiger partial charge in [-0.25, -0.2) is 4.98 Å². The van der Waals surface area contributed by atoms with E-state index in [0.29, 0.717) is 5.15 Å². The number of halogens is 1. The maximum Gasteiger partial charge on any atom is 0.152 e. The molecule has 2 rings (SSSR count). The van der Waals surface area contributed by atoms with Gasteiger partial charge in [-0.3, -0.25) is 0 Å². The molecule has 0 aliphatic rings. The molecule has 3 nitrogen and oxygen atoms in total. The number of phenolic OH excluding ortho intramolecular Hbond substituents is 1. The minimum Gasteiger partial charge on any atom is -0.508 e. The summed E-state index contributed by atoms with van der Waals surface area (Å²) >= 11 is 5.96. The van der Waals surface area contributed by atoms with Gasteiger partial charge in [-0.1, -0.05) is 23.7 Å². The van der Waals surface area contributed by atoms with Gasteiger partial charge in [0, 0.05) is 12.2 Å². The van der Waals surface area contributed by atoms with Gasteiger partial charge in [-0.2, -0.15) is 0 Å². The van der Waals surface area contributed by atoms with Crippen LogP contribution >= 0.6 is 11.6 Å². The zero-order valence-electron chi connectivity index (χ0n) is 9.39. The normalized spacial score (nSPS) is 12.1. The number of benzene rings is 1. The van der Waals surface area contributed by atoms with Crippen molar-refractivity contribution in [3.8, 4) is 5.75 Å². The van der Waals surface area contributed by atoms with Gasteiger partial charge in [0.15, 0.2) is 5.15 Å². The molecular weight excluding hydrogens is 236 g/mol. The molecule has 0 aliphatic carbocycles. The summed E-state index contributed by atoms with van der Waals surface area (Å²) < 4.78 is 0. The molecule has 1 atom stereocenters. The van der Waals surface area contributed by atoms with Crippen molar-refractivity contribution < 1.29 is 5.11 Å². The molecule has 0 amide bonds. The van der Waals surface area contributed by atoms with E-state index >= 15 is 0 Å². The Morgan fingerprint density at radius 3 is 2.82 bits per heavy atom. The fourth-order valence-corrected chi connectivity index (χ4v) is 1.78. The Morgan fingerprint density at radius 1 is 1.29 bits per heavy atom. The summed E-state index contributed by atoms with van der Waals surface area (Å²) in [7, 11) is 0. The summed E-state index contributed by atoms with van der Waals surface area (Å²) in [6, 6.07) is 10.9. The van der Waals surface area contributed by atoms with E-state index in [1.54, 1.807) is 18.3 Å². The van der Waals surface area contributed by atoms with Crippen LogP contribution < -0.4 is 5.32 Å². The Balaban J connectivity index is 2.17. The number of hydrogen-bond acceptors (Lipinski definition) is 3. The van der Waals surface area contributed by atoms with Crippen molar-refractivity contribution in [3.63, 3.8) is 0 Å². The van der Waals surface area contributed by atoms with Crippen LogP contribution in [0.25, 0.3) is 0 Å². The minimum absolute atomic E-state index is 0.0452. The second kappa shape index (κ2) is 5.06. The topological polar surface area (TPSA) is 45.2 Å². The van der Waals surface area contributed by atoms with Crippen LogP contribution in [0.4, 0.5) is 5.69 Å². The minimum atomic E-state index is 0.0452. The fourth-order valence-electron chi connectivity index (χ4n) is 1.60. The molecule has 0 saturated carbocycles. The summed E-state index contributed by atoms with van der Waals surface area (Å²) in [5.74, 6) is 0.258. The number of phenols is 1. The highest BCUT2D eigenvalue weighted by atomic mass is 35.5. The van der Waals surface area contributed by atoms with Crippen molar-refractivity contribution in [2.45, 2.75) is 13.0 Å². The van der Waals surface area contributed by atoms with Gasteiger partial charge in [-0.05, 0) is 36.8 Å². The van der Waals surface area contributed by atoms with Crippen molar-refractivity contribution >= 4 is 17.3 Å². The lowest BCUT2D eigenvalue weighted by molar-refractivity contribution is 0.474. The summed E-state index contributed by atoms with van der Waals surface area (Å²) in [6.07, 6.45) is 1.65. The number of nitrogens with one attached hydrogen (secondary N) is 1. The van der Waals surface area contributed by atoms with Gasteiger partial charge in [0.25, 0.3) is 0 Å². The fraction of sp³-hybridized carbons (Fsp3) is 0.154. The third kappa shape index (κ3) is 2.88. The van der Waals surface area contributed by atoms with E-state index in [4.69, 9.17) is 11.6 Å². The van der Waals surface area contributed by atoms with Gasteiger partial charge < -0.3 is 10.4 Å². The lowest BCUT2D eigenvalue weighted by Crippen LogP contribution is -2.07. The maximum absolute atomic E-state index is 9.42. The SMILES string of the molecule is CC(Nc1cccnc1Cl)c1cccc(O)c1. The molecule has 0 spiro atoms. The Labute approximate surface area is 105 Å². The van der Waals surface area contributed by atoms with Gasteiger partial charge in [0.2, 0.25) is 0 Å². The van der Waals surface area contributed by atoms with Crippen LogP contribution in [0, 0.1) is 0 Å². The summed E-state index contributed by atoms with van der Waals surface area (Å²) in [4.78, 5) is 4.00. The smallest absolute Gasteiger partial charge is 0.152 e. The molecule has 1 aromatic carbocycles. The van der Waals surface area contributed by atoms with Gasteiger partial charge in [-0.15, -0.1) is 0 Å². The number of nitrogens with zero attached hydrogens (tertiary/aromatic N) is 1. The van der Waals surface area contributed by atoms with Crippen molar-refractivity contribution in [1.82, 2.24) is 4.98 Å². The van der Waals surface area contributed by atoms with E-state index in [0.717, 1.165) is 11.3 Å². The molecule has 88 valence electrons. The molecule has 0 aliphatic heterocycles. The molecule has 1 unspecified atom stereocenters. The highest BCUT2D eigenvalue weighted by Crippen LogP contribution is 2.25. The zero-order valence-corrected chi connectivity index (χ0v) is 10.1. The molecule has 0 radical (unpaired) electrons. The third-order valence-electron chi connectivity index (χ3n) is 2.50. The Kier molecular flexibility index (Phi) is 3.49. The van der Waals surface area contributed by atoms with E-state index in [9.17, 15) is 5.11 Å². The summed E-state index contributed by atoms with van der Waals surface area (Å²) in [6.45, 7) is 2.00. The predicted molar refractivity (Wildman–Crippen MR) is 69.4 cm³/mol. The molecule has 4 heteroatoms. The van der Waals surface area contributed by atoms with Crippen LogP contribution in [0.15, 0.2) is 42.6 Å². The molecule has 2 N–H and O–H groups in total. The first-order valence-corrected chi connectivity index (χ1v) is 5.70. The van der Waals surface area contributed by atoms with E-state index in [-0.39, 0.29) is 11.8 Å². The summed E-state index contributed by atoms with van der Waals surface area (Å²) in [5, 5.41) is 13.1. The van der Waals surface area contributed by atoms with Crippen LogP contribution in [-0.2, 0) is 0 Å². The van der Waals surface area contributed by atoms with Gasteiger partial charge >= 0.3 is 0 Å². The van der Waals surface area contributed by atoms with E-state index in [2.05, 4.69) is 10.3 Å². The monoisotopic (exact) mass is 248 g/mol. The molecule has 1 heterocycles. The number of hydrogen-bond donors (Lipinski definition) is 2. The lowest BCUT2D eigenvalue weighted by Gasteiger charge is -2.16. The summed E-state index contributed by atoms with van der Waals surface area (Å²) in [5.41, 5.74) is 1.77. The molecule has 2 aromatic rings. The lowest BCUT2D eigenvalue weighted by atomic mass is 10.1. The van der Waals surface area contributed by atoms with E-state index < -0.39 is 0 Å². The molecule has 0 saturated heterocycles. The van der Waals surface area contributed by atoms with Crippen molar-refractivity contribution in [1.29, 1.82) is 0 Å². The largest absolute Gasteiger partial charge is 0.508 e. The first-order valence-electron chi connectivity index (χ1n) is 5.33. The first-order chi connectivity index (χ1) is 8.16. The number of pyridine rings is 1. The Bertz CT molecular complexity index is 516. The first kappa shape index (κ1) is 11.7. The average molecular weight is 249 g/mol. The van der Waals surface area contributed by atoms with Crippen LogP contribution in [0.2, 0.25) is 5.15 Å². The van der Waals surface area contributed by atoms with Crippen molar-refractivity contribution in [3.05, 3.63) is 53.3 Å². The predicted octanol–water partition coefficient (Wildman–Crippen LogP) is 3.61. The highest BCUT2D eigenvalue weighted by Gasteiger charge is 2.08. The van der Waals surface area contributed by atoms with E-state index in [1.807, 2.05) is 31.2 Å². The quantitative estimate of drug-likeness (QED) is 0.816. The van der Waals surface area contributed by atoms with Crippen molar-refractivity contribution in [2.75, 3.05) is 5.32 Å². The Hall–Kier alpha value is -1.74. The second-order valence-corrected chi connectivity index (χ2v) is 4.16.